The van der Waals surface area contributed by atoms with Crippen LogP contribution in [0.1, 0.15) is 16.5 Å². The van der Waals surface area contributed by atoms with Gasteiger partial charge >= 0.3 is 0 Å². The Balaban J connectivity index is 2.41. The first kappa shape index (κ1) is 15.0. The van der Waals surface area contributed by atoms with Gasteiger partial charge in [-0.05, 0) is 32.7 Å². The largest absolute Gasteiger partial charge is 0.151 e. The van der Waals surface area contributed by atoms with E-state index in [4.69, 9.17) is 46.4 Å². The van der Waals surface area contributed by atoms with Gasteiger partial charge in [0.05, 0.1) is 20.4 Å². The summed E-state index contributed by atoms with van der Waals surface area (Å²) in [5, 5.41) is 6.58. The first-order valence-corrected chi connectivity index (χ1v) is 8.65. The lowest BCUT2D eigenvalue weighted by Crippen LogP contribution is -2.05. The molecule has 0 spiro atoms. The van der Waals surface area contributed by atoms with Gasteiger partial charge in [0.1, 0.15) is 0 Å². The zero-order valence-corrected chi connectivity index (χ0v) is 14.9. The molecule has 1 aliphatic rings. The maximum atomic E-state index is 6.69. The highest BCUT2D eigenvalue weighted by Gasteiger charge is 2.30. The predicted octanol–water partition coefficient (Wildman–Crippen LogP) is 7.52. The molecule has 3 aromatic rings. The SMILES string of the molecule is SC=C1c2cccc3ccc4c(Cl)c(Cl)c(Cl)c(c4c23)C1Cl. The molecule has 22 heavy (non-hydrogen) atoms. The molecule has 1 atom stereocenters. The monoisotopic (exact) mass is 384 g/mol. The number of hydrogen-bond acceptors (Lipinski definition) is 1. The normalized spacial score (nSPS) is 18.8. The van der Waals surface area contributed by atoms with Gasteiger partial charge in [0.25, 0.3) is 0 Å². The molecule has 1 unspecified atom stereocenters. The molecule has 0 radical (unpaired) electrons. The first-order chi connectivity index (χ1) is 10.6. The van der Waals surface area contributed by atoms with E-state index in [0.29, 0.717) is 15.1 Å². The molecule has 110 valence electrons. The second kappa shape index (κ2) is 5.22. The zero-order valence-electron chi connectivity index (χ0n) is 11.0. The Morgan fingerprint density at radius 1 is 0.909 bits per heavy atom. The molecule has 0 fully saturated rings. The van der Waals surface area contributed by atoms with Crippen molar-refractivity contribution in [3.8, 4) is 0 Å². The van der Waals surface area contributed by atoms with Gasteiger partial charge in [-0.25, -0.2) is 0 Å². The number of benzene rings is 3. The lowest BCUT2D eigenvalue weighted by molar-refractivity contribution is 1.25. The van der Waals surface area contributed by atoms with Gasteiger partial charge in [-0.1, -0.05) is 65.1 Å². The Morgan fingerprint density at radius 3 is 2.41 bits per heavy atom. The van der Waals surface area contributed by atoms with Crippen LogP contribution in [-0.4, -0.2) is 0 Å². The van der Waals surface area contributed by atoms with Crippen LogP contribution in [0.4, 0.5) is 0 Å². The number of allylic oxidation sites excluding steroid dienone is 1. The molecule has 0 bridgehead atoms. The van der Waals surface area contributed by atoms with Crippen LogP contribution in [0.15, 0.2) is 35.7 Å². The summed E-state index contributed by atoms with van der Waals surface area (Å²) in [6.07, 6.45) is 0. The highest BCUT2D eigenvalue weighted by atomic mass is 35.5. The minimum Gasteiger partial charge on any atom is -0.151 e. The van der Waals surface area contributed by atoms with Gasteiger partial charge in [0, 0.05) is 10.9 Å². The van der Waals surface area contributed by atoms with E-state index >= 15 is 0 Å². The highest BCUT2D eigenvalue weighted by molar-refractivity contribution is 7.83. The van der Waals surface area contributed by atoms with Gasteiger partial charge in [0.2, 0.25) is 0 Å². The molecule has 0 aromatic heterocycles. The van der Waals surface area contributed by atoms with Crippen LogP contribution in [-0.2, 0) is 0 Å². The molecule has 0 saturated heterocycles. The Hall–Kier alpha value is -0.570. The van der Waals surface area contributed by atoms with Crippen molar-refractivity contribution in [1.82, 2.24) is 0 Å². The fourth-order valence-corrected chi connectivity index (χ4v) is 4.82. The van der Waals surface area contributed by atoms with E-state index in [1.165, 1.54) is 0 Å². The highest BCUT2D eigenvalue weighted by Crippen LogP contribution is 2.54. The molecule has 0 amide bonds. The van der Waals surface area contributed by atoms with Crippen molar-refractivity contribution >= 4 is 86.2 Å². The lowest BCUT2D eigenvalue weighted by Gasteiger charge is -2.27. The van der Waals surface area contributed by atoms with E-state index in [1.54, 1.807) is 5.41 Å². The standard InChI is InChI=1S/C17H8Cl4S/c18-14-10(6-22)8-3-1-2-7-4-5-9-12(11(7)8)13(14)16(20)17(21)15(9)19/h1-6,14,22H. The summed E-state index contributed by atoms with van der Waals surface area (Å²) in [6.45, 7) is 0. The predicted molar refractivity (Wildman–Crippen MR) is 102 cm³/mol. The summed E-state index contributed by atoms with van der Waals surface area (Å²) < 4.78 is 0. The molecule has 3 aromatic carbocycles. The number of thiol groups is 1. The van der Waals surface area contributed by atoms with Crippen LogP contribution in [0.25, 0.3) is 27.1 Å². The third-order valence-corrected chi connectivity index (χ3v) is 6.24. The summed E-state index contributed by atoms with van der Waals surface area (Å²) in [5.41, 5.74) is 2.77. The molecule has 0 N–H and O–H groups in total. The lowest BCUT2D eigenvalue weighted by atomic mass is 9.83. The van der Waals surface area contributed by atoms with E-state index < -0.39 is 5.38 Å². The molecule has 4 rings (SSSR count). The molecule has 5 heteroatoms. The number of halogens is 4. The van der Waals surface area contributed by atoms with Gasteiger partial charge in [-0.15, -0.1) is 11.6 Å². The Bertz CT molecular complexity index is 991. The van der Waals surface area contributed by atoms with Gasteiger partial charge in [-0.3, -0.25) is 0 Å². The summed E-state index contributed by atoms with van der Waals surface area (Å²) in [6, 6.07) is 10.1. The Kier molecular flexibility index (Phi) is 3.56. The van der Waals surface area contributed by atoms with Crippen LogP contribution < -0.4 is 0 Å². The van der Waals surface area contributed by atoms with Crippen molar-refractivity contribution in [2.75, 3.05) is 0 Å². The minimum atomic E-state index is -0.414. The summed E-state index contributed by atoms with van der Waals surface area (Å²) in [4.78, 5) is 0. The molecule has 0 heterocycles. The maximum absolute atomic E-state index is 6.69. The smallest absolute Gasteiger partial charge is 0.0867 e. The summed E-state index contributed by atoms with van der Waals surface area (Å²) in [5.74, 6) is 0. The zero-order chi connectivity index (χ0) is 15.6. The molecular weight excluding hydrogens is 378 g/mol. The van der Waals surface area contributed by atoms with Crippen molar-refractivity contribution in [2.24, 2.45) is 0 Å². The quantitative estimate of drug-likeness (QED) is 0.176. The average Bonchev–Trinajstić information content (AvgIpc) is 2.53. The summed E-state index contributed by atoms with van der Waals surface area (Å²) in [7, 11) is 0. The van der Waals surface area contributed by atoms with Crippen LogP contribution in [0, 0.1) is 0 Å². The van der Waals surface area contributed by atoms with E-state index in [1.807, 2.05) is 24.3 Å². The maximum Gasteiger partial charge on any atom is 0.0867 e. The van der Waals surface area contributed by atoms with Gasteiger partial charge < -0.3 is 0 Å². The van der Waals surface area contributed by atoms with Crippen molar-refractivity contribution in [1.29, 1.82) is 0 Å². The van der Waals surface area contributed by atoms with Crippen molar-refractivity contribution in [2.45, 2.75) is 5.38 Å². The van der Waals surface area contributed by atoms with Gasteiger partial charge in [-0.2, -0.15) is 12.6 Å². The van der Waals surface area contributed by atoms with Crippen molar-refractivity contribution < 1.29 is 0 Å². The molecule has 0 saturated carbocycles. The van der Waals surface area contributed by atoms with E-state index in [2.05, 4.69) is 18.7 Å². The van der Waals surface area contributed by atoms with Crippen LogP contribution in [0.3, 0.4) is 0 Å². The fraction of sp³-hybridized carbons (Fsp3) is 0.0588. The fourth-order valence-electron chi connectivity index (χ4n) is 3.19. The topological polar surface area (TPSA) is 0 Å². The third-order valence-electron chi connectivity index (χ3n) is 4.15. The van der Waals surface area contributed by atoms with E-state index in [-0.39, 0.29) is 0 Å². The number of alkyl halides is 1. The second-order valence-corrected chi connectivity index (χ2v) is 7.02. The average molecular weight is 386 g/mol. The first-order valence-electron chi connectivity index (χ1n) is 6.56. The summed E-state index contributed by atoms with van der Waals surface area (Å²) >= 11 is 30.2. The number of hydrogen-bond donors (Lipinski definition) is 1. The van der Waals surface area contributed by atoms with E-state index in [9.17, 15) is 0 Å². The molecule has 0 aliphatic heterocycles. The van der Waals surface area contributed by atoms with Crippen LogP contribution >= 0.6 is 59.0 Å². The molecule has 1 aliphatic carbocycles. The van der Waals surface area contributed by atoms with Crippen LogP contribution in [0.2, 0.25) is 15.1 Å². The third kappa shape index (κ3) is 1.81. The molecule has 0 nitrogen and oxygen atoms in total. The number of rotatable bonds is 0. The van der Waals surface area contributed by atoms with Crippen molar-refractivity contribution in [3.05, 3.63) is 61.9 Å². The Labute approximate surface area is 153 Å². The Morgan fingerprint density at radius 2 is 1.68 bits per heavy atom. The van der Waals surface area contributed by atoms with Gasteiger partial charge in [0.15, 0.2) is 0 Å². The van der Waals surface area contributed by atoms with Crippen LogP contribution in [0.5, 0.6) is 0 Å². The van der Waals surface area contributed by atoms with Crippen molar-refractivity contribution in [3.63, 3.8) is 0 Å². The van der Waals surface area contributed by atoms with E-state index in [0.717, 1.165) is 38.2 Å². The second-order valence-electron chi connectivity index (χ2n) is 5.19. The minimum absolute atomic E-state index is 0.341. The molecular formula is C17H8Cl4S.